The van der Waals surface area contributed by atoms with Crippen molar-refractivity contribution in [1.29, 1.82) is 0 Å². The Bertz CT molecular complexity index is 1320. The molecular weight excluding hydrogens is 877 g/mol. The number of unbranched alkanes of at least 4 members (excludes halogenated alkanes) is 32. The molecule has 6 heteroatoms. The molecule has 0 amide bonds. The first-order valence-corrected chi connectivity index (χ1v) is 30.4. The van der Waals surface area contributed by atoms with Crippen LogP contribution in [-0.2, 0) is 28.6 Å². The highest BCUT2D eigenvalue weighted by Gasteiger charge is 2.19. The first-order valence-electron chi connectivity index (χ1n) is 30.4. The predicted octanol–water partition coefficient (Wildman–Crippen LogP) is 20.5. The van der Waals surface area contributed by atoms with Crippen LogP contribution in [0.2, 0.25) is 0 Å². The average Bonchev–Trinajstić information content (AvgIpc) is 3.37. The molecule has 0 aliphatic heterocycles. The maximum Gasteiger partial charge on any atom is 0.306 e. The second-order valence-electron chi connectivity index (χ2n) is 20.2. The molecule has 0 aromatic rings. The lowest BCUT2D eigenvalue weighted by Gasteiger charge is -2.18. The normalized spacial score (nSPS) is 12.5. The summed E-state index contributed by atoms with van der Waals surface area (Å²) in [5.74, 6) is -0.886. The lowest BCUT2D eigenvalue weighted by Crippen LogP contribution is -2.30. The molecular formula is C65H114O6. The van der Waals surface area contributed by atoms with Crippen molar-refractivity contribution in [2.45, 2.75) is 309 Å². The number of carbonyl (C=O) groups excluding carboxylic acids is 3. The van der Waals surface area contributed by atoms with E-state index in [4.69, 9.17) is 14.2 Å². The topological polar surface area (TPSA) is 78.9 Å². The number of hydrogen-bond donors (Lipinski definition) is 0. The van der Waals surface area contributed by atoms with E-state index in [1.165, 1.54) is 154 Å². The molecule has 0 aromatic carbocycles. The minimum Gasteiger partial charge on any atom is -0.462 e. The first kappa shape index (κ1) is 67.8. The van der Waals surface area contributed by atoms with Crippen LogP contribution in [0, 0.1) is 0 Å². The van der Waals surface area contributed by atoms with E-state index >= 15 is 0 Å². The molecule has 1 unspecified atom stereocenters. The van der Waals surface area contributed by atoms with Crippen molar-refractivity contribution < 1.29 is 28.6 Å². The van der Waals surface area contributed by atoms with Crippen molar-refractivity contribution >= 4 is 17.9 Å². The zero-order valence-corrected chi connectivity index (χ0v) is 47.0. The van der Waals surface area contributed by atoms with E-state index in [0.29, 0.717) is 19.3 Å². The summed E-state index contributed by atoms with van der Waals surface area (Å²) in [4.78, 5) is 38.3. The van der Waals surface area contributed by atoms with Crippen LogP contribution in [0.15, 0.2) is 72.9 Å². The molecule has 1 atom stereocenters. The van der Waals surface area contributed by atoms with Crippen molar-refractivity contribution in [2.75, 3.05) is 13.2 Å². The summed E-state index contributed by atoms with van der Waals surface area (Å²) in [5, 5.41) is 0. The number of esters is 3. The fourth-order valence-corrected chi connectivity index (χ4v) is 8.71. The average molecular weight is 992 g/mol. The smallest absolute Gasteiger partial charge is 0.306 e. The number of rotatable bonds is 55. The zero-order chi connectivity index (χ0) is 51.4. The van der Waals surface area contributed by atoms with Crippen molar-refractivity contribution in [1.82, 2.24) is 0 Å². The summed E-state index contributed by atoms with van der Waals surface area (Å²) in [7, 11) is 0. The van der Waals surface area contributed by atoms with Crippen LogP contribution in [0.5, 0.6) is 0 Å². The third-order valence-electron chi connectivity index (χ3n) is 13.2. The molecule has 0 saturated heterocycles. The monoisotopic (exact) mass is 991 g/mol. The van der Waals surface area contributed by atoms with Gasteiger partial charge in [-0.1, -0.05) is 273 Å². The molecule has 0 saturated carbocycles. The molecule has 0 spiro atoms. The molecule has 0 N–H and O–H groups in total. The van der Waals surface area contributed by atoms with Crippen LogP contribution >= 0.6 is 0 Å². The van der Waals surface area contributed by atoms with Crippen LogP contribution < -0.4 is 0 Å². The Morgan fingerprint density at radius 3 is 0.859 bits per heavy atom. The van der Waals surface area contributed by atoms with Gasteiger partial charge in [-0.3, -0.25) is 14.4 Å². The third-order valence-corrected chi connectivity index (χ3v) is 13.2. The second-order valence-corrected chi connectivity index (χ2v) is 20.2. The Morgan fingerprint density at radius 2 is 0.549 bits per heavy atom. The van der Waals surface area contributed by atoms with Crippen LogP contribution in [0.4, 0.5) is 0 Å². The molecule has 410 valence electrons. The molecule has 0 aromatic heterocycles. The summed E-state index contributed by atoms with van der Waals surface area (Å²) in [6.45, 7) is 6.44. The van der Waals surface area contributed by atoms with E-state index in [1.807, 2.05) is 0 Å². The van der Waals surface area contributed by atoms with Gasteiger partial charge < -0.3 is 14.2 Å². The molecule has 71 heavy (non-hydrogen) atoms. The van der Waals surface area contributed by atoms with Crippen LogP contribution in [-0.4, -0.2) is 37.2 Å². The van der Waals surface area contributed by atoms with E-state index in [0.717, 1.165) is 109 Å². The van der Waals surface area contributed by atoms with E-state index in [9.17, 15) is 14.4 Å². The Kier molecular flexibility index (Phi) is 56.8. The predicted molar refractivity (Wildman–Crippen MR) is 307 cm³/mol. The summed E-state index contributed by atoms with van der Waals surface area (Å²) >= 11 is 0. The van der Waals surface area contributed by atoms with Gasteiger partial charge in [0.25, 0.3) is 0 Å². The number of ether oxygens (including phenoxy) is 3. The van der Waals surface area contributed by atoms with Crippen LogP contribution in [0.1, 0.15) is 303 Å². The molecule has 0 aliphatic rings. The summed E-state index contributed by atoms with van der Waals surface area (Å²) in [6.07, 6.45) is 76.1. The Hall–Kier alpha value is -3.15. The van der Waals surface area contributed by atoms with Gasteiger partial charge in [-0.25, -0.2) is 0 Å². The molecule has 0 rings (SSSR count). The maximum absolute atomic E-state index is 12.9. The van der Waals surface area contributed by atoms with Gasteiger partial charge in [-0.2, -0.15) is 0 Å². The quantitative estimate of drug-likeness (QED) is 0.0261. The third kappa shape index (κ3) is 57.6. The van der Waals surface area contributed by atoms with Gasteiger partial charge in [0.1, 0.15) is 13.2 Å². The highest BCUT2D eigenvalue weighted by atomic mass is 16.6. The van der Waals surface area contributed by atoms with Gasteiger partial charge in [0, 0.05) is 19.3 Å². The molecule has 6 nitrogen and oxygen atoms in total. The molecule has 0 aliphatic carbocycles. The first-order chi connectivity index (χ1) is 35.0. The molecule has 0 radical (unpaired) electrons. The SMILES string of the molecule is CC/C=C\C/C=C\C/C=C\CCCCCCCCCC(=O)OCC(COC(=O)CCCCCCCCCCCCCCCCCCCCC)OC(=O)CCCCCCCCC/C=C\C/C=C\C/C=C\CC. The second kappa shape index (κ2) is 59.4. The highest BCUT2D eigenvalue weighted by molar-refractivity contribution is 5.71. The lowest BCUT2D eigenvalue weighted by atomic mass is 10.0. The van der Waals surface area contributed by atoms with Gasteiger partial charge in [-0.05, 0) is 83.5 Å². The minimum absolute atomic E-state index is 0.0801. The van der Waals surface area contributed by atoms with Crippen molar-refractivity contribution in [3.8, 4) is 0 Å². The van der Waals surface area contributed by atoms with Gasteiger partial charge >= 0.3 is 17.9 Å². The van der Waals surface area contributed by atoms with Crippen LogP contribution in [0.25, 0.3) is 0 Å². The fraction of sp³-hybridized carbons (Fsp3) is 0.769. The molecule has 0 fully saturated rings. The van der Waals surface area contributed by atoms with Crippen molar-refractivity contribution in [3.05, 3.63) is 72.9 Å². The Labute approximate surface area is 440 Å². The summed E-state index contributed by atoms with van der Waals surface area (Å²) in [5.41, 5.74) is 0. The zero-order valence-electron chi connectivity index (χ0n) is 47.0. The molecule has 0 heterocycles. The standard InChI is InChI=1S/C65H114O6/c1-4-7-10-13-16-19-22-25-28-31-32-35-37-40-43-46-49-52-55-58-64(67)70-61-62(71-65(68)59-56-53-50-47-44-41-38-34-30-27-24-21-18-15-12-9-6-3)60-69-63(66)57-54-51-48-45-42-39-36-33-29-26-23-20-17-14-11-8-5-2/h8-9,11-12,17-18,20-21,26-27,29-30,62H,4-7,10,13-16,19,22-25,28,31-61H2,1-3H3/b11-8-,12-9-,20-17-,21-18-,29-26-,30-27-. The minimum atomic E-state index is -0.784. The van der Waals surface area contributed by atoms with Gasteiger partial charge in [0.2, 0.25) is 0 Å². The van der Waals surface area contributed by atoms with Crippen molar-refractivity contribution in [3.63, 3.8) is 0 Å². The summed E-state index contributed by atoms with van der Waals surface area (Å²) in [6, 6.07) is 0. The Balaban J connectivity index is 4.37. The maximum atomic E-state index is 12.9. The highest BCUT2D eigenvalue weighted by Crippen LogP contribution is 2.17. The number of carbonyl (C=O) groups is 3. The summed E-state index contributed by atoms with van der Waals surface area (Å²) < 4.78 is 16.9. The molecule has 0 bridgehead atoms. The van der Waals surface area contributed by atoms with Gasteiger partial charge in [0.05, 0.1) is 0 Å². The number of hydrogen-bond acceptors (Lipinski definition) is 6. The lowest BCUT2D eigenvalue weighted by molar-refractivity contribution is -0.167. The van der Waals surface area contributed by atoms with Crippen molar-refractivity contribution in [2.24, 2.45) is 0 Å². The van der Waals surface area contributed by atoms with E-state index < -0.39 is 6.10 Å². The Morgan fingerprint density at radius 1 is 0.296 bits per heavy atom. The van der Waals surface area contributed by atoms with E-state index in [1.54, 1.807) is 0 Å². The van der Waals surface area contributed by atoms with E-state index in [-0.39, 0.29) is 31.1 Å². The van der Waals surface area contributed by atoms with Gasteiger partial charge in [-0.15, -0.1) is 0 Å². The van der Waals surface area contributed by atoms with E-state index in [2.05, 4.69) is 93.7 Å². The fourth-order valence-electron chi connectivity index (χ4n) is 8.71. The van der Waals surface area contributed by atoms with Gasteiger partial charge in [0.15, 0.2) is 6.10 Å². The number of allylic oxidation sites excluding steroid dienone is 12. The largest absolute Gasteiger partial charge is 0.462 e. The van der Waals surface area contributed by atoms with Crippen LogP contribution in [0.3, 0.4) is 0 Å².